The SMILES string of the molecule is O=C(Cc1ncc(C(F)(F)F)cc1Cl)Nc1ccc(N2CCOCC2)cc1. The molecule has 9 heteroatoms. The van der Waals surface area contributed by atoms with Gasteiger partial charge in [-0.2, -0.15) is 13.2 Å². The van der Waals surface area contributed by atoms with Crippen LogP contribution in [-0.2, 0) is 22.1 Å². The Morgan fingerprint density at radius 1 is 1.22 bits per heavy atom. The Morgan fingerprint density at radius 3 is 2.48 bits per heavy atom. The molecule has 1 aromatic heterocycles. The predicted molar refractivity (Wildman–Crippen MR) is 96.1 cm³/mol. The molecule has 1 aliphatic heterocycles. The van der Waals surface area contributed by atoms with E-state index >= 15 is 0 Å². The molecule has 0 saturated carbocycles. The van der Waals surface area contributed by atoms with E-state index < -0.39 is 17.6 Å². The van der Waals surface area contributed by atoms with E-state index in [2.05, 4.69) is 15.2 Å². The van der Waals surface area contributed by atoms with E-state index in [4.69, 9.17) is 16.3 Å². The molecule has 0 spiro atoms. The molecule has 1 aliphatic rings. The molecule has 3 rings (SSSR count). The van der Waals surface area contributed by atoms with Gasteiger partial charge in [0.1, 0.15) is 0 Å². The number of pyridine rings is 1. The fourth-order valence-corrected chi connectivity index (χ4v) is 2.92. The van der Waals surface area contributed by atoms with E-state index in [1.165, 1.54) is 0 Å². The van der Waals surface area contributed by atoms with E-state index in [-0.39, 0.29) is 17.1 Å². The number of halogens is 4. The molecule has 2 aromatic rings. The number of hydrogen-bond acceptors (Lipinski definition) is 4. The van der Waals surface area contributed by atoms with Gasteiger partial charge in [-0.3, -0.25) is 9.78 Å². The van der Waals surface area contributed by atoms with Gasteiger partial charge in [0.25, 0.3) is 0 Å². The molecule has 144 valence electrons. The van der Waals surface area contributed by atoms with Crippen LogP contribution in [-0.4, -0.2) is 37.2 Å². The maximum atomic E-state index is 12.6. The number of aromatic nitrogens is 1. The summed E-state index contributed by atoms with van der Waals surface area (Å²) in [5.41, 5.74) is 0.756. The number of morpholine rings is 1. The van der Waals surface area contributed by atoms with E-state index in [0.717, 1.165) is 24.8 Å². The molecular formula is C18H17ClF3N3O2. The average molecular weight is 400 g/mol. The first-order valence-corrected chi connectivity index (χ1v) is 8.65. The van der Waals surface area contributed by atoms with Crippen molar-refractivity contribution < 1.29 is 22.7 Å². The summed E-state index contributed by atoms with van der Waals surface area (Å²) >= 11 is 5.83. The number of ether oxygens (including phenoxy) is 1. The predicted octanol–water partition coefficient (Wildman–Crippen LogP) is 3.77. The van der Waals surface area contributed by atoms with Gasteiger partial charge in [0, 0.05) is 30.7 Å². The van der Waals surface area contributed by atoms with Crippen molar-refractivity contribution in [2.75, 3.05) is 36.5 Å². The molecule has 0 unspecified atom stereocenters. The molecule has 0 bridgehead atoms. The number of nitrogens with one attached hydrogen (secondary N) is 1. The number of benzene rings is 1. The van der Waals surface area contributed by atoms with E-state index in [9.17, 15) is 18.0 Å². The third-order valence-electron chi connectivity index (χ3n) is 4.10. The van der Waals surface area contributed by atoms with Crippen LogP contribution in [0.4, 0.5) is 24.5 Å². The highest BCUT2D eigenvalue weighted by atomic mass is 35.5. The van der Waals surface area contributed by atoms with Crippen LogP contribution < -0.4 is 10.2 Å². The zero-order valence-electron chi connectivity index (χ0n) is 14.2. The van der Waals surface area contributed by atoms with E-state index in [1.807, 2.05) is 12.1 Å². The van der Waals surface area contributed by atoms with Crippen molar-refractivity contribution in [2.45, 2.75) is 12.6 Å². The van der Waals surface area contributed by atoms with Gasteiger partial charge in [-0.15, -0.1) is 0 Å². The van der Waals surface area contributed by atoms with Gasteiger partial charge in [-0.1, -0.05) is 11.6 Å². The lowest BCUT2D eigenvalue weighted by atomic mass is 10.2. The van der Waals surface area contributed by atoms with Gasteiger partial charge in [0.15, 0.2) is 0 Å². The van der Waals surface area contributed by atoms with Gasteiger partial charge < -0.3 is 15.0 Å². The van der Waals surface area contributed by atoms with Crippen molar-refractivity contribution in [2.24, 2.45) is 0 Å². The summed E-state index contributed by atoms with van der Waals surface area (Å²) in [5.74, 6) is -0.414. The van der Waals surface area contributed by atoms with Crippen molar-refractivity contribution in [1.29, 1.82) is 0 Å². The van der Waals surface area contributed by atoms with Gasteiger partial charge >= 0.3 is 6.18 Å². The minimum atomic E-state index is -4.53. The summed E-state index contributed by atoms with van der Waals surface area (Å²) in [7, 11) is 0. The maximum Gasteiger partial charge on any atom is 0.417 e. The highest BCUT2D eigenvalue weighted by molar-refractivity contribution is 6.31. The molecule has 1 amide bonds. The topological polar surface area (TPSA) is 54.5 Å². The Hall–Kier alpha value is -2.32. The lowest BCUT2D eigenvalue weighted by molar-refractivity contribution is -0.137. The van der Waals surface area contributed by atoms with Crippen LogP contribution in [0.25, 0.3) is 0 Å². The van der Waals surface area contributed by atoms with Gasteiger partial charge in [0.2, 0.25) is 5.91 Å². The summed E-state index contributed by atoms with van der Waals surface area (Å²) in [6, 6.07) is 8.10. The number of alkyl halides is 3. The number of amides is 1. The van der Waals surface area contributed by atoms with Crippen LogP contribution in [0.2, 0.25) is 5.02 Å². The molecule has 2 heterocycles. The molecule has 0 atom stereocenters. The number of carbonyl (C=O) groups is 1. The maximum absolute atomic E-state index is 12.6. The Bertz CT molecular complexity index is 806. The molecule has 0 radical (unpaired) electrons. The molecule has 5 nitrogen and oxygen atoms in total. The summed E-state index contributed by atoms with van der Waals surface area (Å²) in [4.78, 5) is 18.0. The van der Waals surface area contributed by atoms with Crippen molar-refractivity contribution in [1.82, 2.24) is 4.98 Å². The first-order valence-electron chi connectivity index (χ1n) is 8.27. The molecule has 0 aliphatic carbocycles. The summed E-state index contributed by atoms with van der Waals surface area (Å²) < 4.78 is 43.2. The monoisotopic (exact) mass is 399 g/mol. The smallest absolute Gasteiger partial charge is 0.378 e. The van der Waals surface area contributed by atoms with Crippen LogP contribution >= 0.6 is 11.6 Å². The molecule has 1 N–H and O–H groups in total. The van der Waals surface area contributed by atoms with Crippen molar-refractivity contribution in [3.8, 4) is 0 Å². The van der Waals surface area contributed by atoms with E-state index in [1.54, 1.807) is 12.1 Å². The lowest BCUT2D eigenvalue weighted by Crippen LogP contribution is -2.36. The molecule has 1 fully saturated rings. The van der Waals surface area contributed by atoms with Crippen molar-refractivity contribution >= 4 is 28.9 Å². The number of nitrogens with zero attached hydrogens (tertiary/aromatic N) is 2. The second-order valence-electron chi connectivity index (χ2n) is 6.02. The average Bonchev–Trinajstić information content (AvgIpc) is 2.64. The Balaban J connectivity index is 1.60. The van der Waals surface area contributed by atoms with Gasteiger partial charge in [-0.25, -0.2) is 0 Å². The largest absolute Gasteiger partial charge is 0.417 e. The molecular weight excluding hydrogens is 383 g/mol. The zero-order chi connectivity index (χ0) is 19.4. The fraction of sp³-hybridized carbons (Fsp3) is 0.333. The van der Waals surface area contributed by atoms with Crippen LogP contribution in [0.15, 0.2) is 36.5 Å². The van der Waals surface area contributed by atoms with Gasteiger partial charge in [-0.05, 0) is 30.3 Å². The highest BCUT2D eigenvalue weighted by Crippen LogP contribution is 2.31. The van der Waals surface area contributed by atoms with Crippen molar-refractivity contribution in [3.63, 3.8) is 0 Å². The number of rotatable bonds is 4. The van der Waals surface area contributed by atoms with Gasteiger partial charge in [0.05, 0.1) is 35.9 Å². The second-order valence-corrected chi connectivity index (χ2v) is 6.43. The normalized spacial score (nSPS) is 14.9. The Labute approximate surface area is 159 Å². The minimum Gasteiger partial charge on any atom is -0.378 e. The quantitative estimate of drug-likeness (QED) is 0.850. The number of hydrogen-bond donors (Lipinski definition) is 1. The summed E-state index contributed by atoms with van der Waals surface area (Å²) in [5, 5.41) is 2.50. The first kappa shape index (κ1) is 19.4. The van der Waals surface area contributed by atoms with E-state index in [0.29, 0.717) is 25.1 Å². The Morgan fingerprint density at radius 2 is 1.89 bits per heavy atom. The first-order chi connectivity index (χ1) is 12.8. The van der Waals surface area contributed by atoms with Crippen LogP contribution in [0, 0.1) is 0 Å². The zero-order valence-corrected chi connectivity index (χ0v) is 15.0. The molecule has 1 saturated heterocycles. The van der Waals surface area contributed by atoms with Crippen LogP contribution in [0.5, 0.6) is 0 Å². The van der Waals surface area contributed by atoms with Crippen LogP contribution in [0.1, 0.15) is 11.3 Å². The molecule has 27 heavy (non-hydrogen) atoms. The lowest BCUT2D eigenvalue weighted by Gasteiger charge is -2.28. The second kappa shape index (κ2) is 8.14. The summed E-state index contributed by atoms with van der Waals surface area (Å²) in [6.07, 6.45) is -4.08. The Kier molecular flexibility index (Phi) is 5.86. The fourth-order valence-electron chi connectivity index (χ4n) is 2.69. The third kappa shape index (κ3) is 5.11. The summed E-state index contributed by atoms with van der Waals surface area (Å²) in [6.45, 7) is 2.98. The van der Waals surface area contributed by atoms with Crippen molar-refractivity contribution in [3.05, 3.63) is 52.8 Å². The third-order valence-corrected chi connectivity index (χ3v) is 4.43. The highest BCUT2D eigenvalue weighted by Gasteiger charge is 2.31. The standard InChI is InChI=1S/C18H17ClF3N3O2/c19-15-9-12(18(20,21)22)11-23-16(15)10-17(26)24-13-1-3-14(4-2-13)25-5-7-27-8-6-25/h1-4,9,11H,5-8,10H2,(H,24,26). The molecule has 1 aromatic carbocycles. The van der Waals surface area contributed by atoms with Crippen LogP contribution in [0.3, 0.4) is 0 Å². The number of carbonyl (C=O) groups excluding carboxylic acids is 1. The number of anilines is 2. The minimum absolute atomic E-state index is 0.0899.